The monoisotopic (exact) mass is 341 g/mol. The van der Waals surface area contributed by atoms with E-state index in [1.165, 1.54) is 5.56 Å². The summed E-state index contributed by atoms with van der Waals surface area (Å²) < 4.78 is 0. The van der Waals surface area contributed by atoms with Gasteiger partial charge in [-0.05, 0) is 35.8 Å². The number of aromatic amines is 1. The lowest BCUT2D eigenvalue weighted by molar-refractivity contribution is -0.123. The second-order valence-electron chi connectivity index (χ2n) is 7.88. The topological polar surface area (TPSA) is 78.0 Å². The Bertz CT molecular complexity index is 728. The fourth-order valence-corrected chi connectivity index (χ4v) is 3.38. The van der Waals surface area contributed by atoms with Crippen molar-refractivity contribution in [3.63, 3.8) is 0 Å². The third-order valence-corrected chi connectivity index (χ3v) is 4.99. The van der Waals surface area contributed by atoms with E-state index in [2.05, 4.69) is 36.3 Å². The van der Waals surface area contributed by atoms with Gasteiger partial charge >= 0.3 is 0 Å². The number of benzene rings is 1. The van der Waals surface area contributed by atoms with Crippen molar-refractivity contribution < 1.29 is 9.90 Å². The standard InChI is InChI=1S/C20H27N3O2/c1-20(2,3)14-9-7-13(8-10-14)18(24)12-21-19(25)15-5-4-6-17-16(15)11-22-23-17/h7-11,15,18,24H,4-6,12H2,1-3H3,(H,21,25)(H,22,23). The first-order valence-electron chi connectivity index (χ1n) is 8.94. The van der Waals surface area contributed by atoms with Crippen molar-refractivity contribution in [1.29, 1.82) is 0 Å². The minimum absolute atomic E-state index is 0.0345. The van der Waals surface area contributed by atoms with E-state index in [0.717, 1.165) is 36.1 Å². The van der Waals surface area contributed by atoms with E-state index in [-0.39, 0.29) is 23.8 Å². The first kappa shape index (κ1) is 17.7. The zero-order valence-electron chi connectivity index (χ0n) is 15.2. The lowest BCUT2D eigenvalue weighted by atomic mass is 9.86. The third-order valence-electron chi connectivity index (χ3n) is 4.99. The SMILES string of the molecule is CC(C)(C)c1ccc(C(O)CNC(=O)C2CCCc3[nH]ncc32)cc1. The molecule has 0 fully saturated rings. The van der Waals surface area contributed by atoms with Crippen LogP contribution in [0.1, 0.15) is 68.0 Å². The van der Waals surface area contributed by atoms with Crippen molar-refractivity contribution in [3.8, 4) is 0 Å². The molecule has 0 bridgehead atoms. The molecule has 1 aliphatic carbocycles. The summed E-state index contributed by atoms with van der Waals surface area (Å²) in [4.78, 5) is 12.5. The predicted molar refractivity (Wildman–Crippen MR) is 97.4 cm³/mol. The molecule has 2 atom stereocenters. The quantitative estimate of drug-likeness (QED) is 0.800. The molecular weight excluding hydrogens is 314 g/mol. The van der Waals surface area contributed by atoms with Crippen LogP contribution in [-0.2, 0) is 16.6 Å². The van der Waals surface area contributed by atoms with E-state index in [4.69, 9.17) is 0 Å². The number of hydrogen-bond donors (Lipinski definition) is 3. The molecule has 25 heavy (non-hydrogen) atoms. The normalized spacial score (nSPS) is 18.5. The highest BCUT2D eigenvalue weighted by atomic mass is 16.3. The van der Waals surface area contributed by atoms with E-state index < -0.39 is 6.10 Å². The molecule has 0 saturated carbocycles. The summed E-state index contributed by atoms with van der Waals surface area (Å²) >= 11 is 0. The van der Waals surface area contributed by atoms with Gasteiger partial charge in [-0.3, -0.25) is 9.89 Å². The van der Waals surface area contributed by atoms with Crippen molar-refractivity contribution >= 4 is 5.91 Å². The van der Waals surface area contributed by atoms with Crippen molar-refractivity contribution in [1.82, 2.24) is 15.5 Å². The second kappa shape index (κ2) is 7.00. The summed E-state index contributed by atoms with van der Waals surface area (Å²) in [5.41, 5.74) is 4.18. The van der Waals surface area contributed by atoms with Gasteiger partial charge in [-0.15, -0.1) is 0 Å². The average molecular weight is 341 g/mol. The number of amides is 1. The van der Waals surface area contributed by atoms with E-state index in [1.54, 1.807) is 6.20 Å². The molecule has 0 radical (unpaired) electrons. The highest BCUT2D eigenvalue weighted by Gasteiger charge is 2.28. The fourth-order valence-electron chi connectivity index (χ4n) is 3.38. The van der Waals surface area contributed by atoms with Gasteiger partial charge in [-0.2, -0.15) is 5.10 Å². The zero-order valence-corrected chi connectivity index (χ0v) is 15.2. The van der Waals surface area contributed by atoms with Crippen molar-refractivity contribution in [2.24, 2.45) is 0 Å². The van der Waals surface area contributed by atoms with Crippen LogP contribution in [0.4, 0.5) is 0 Å². The van der Waals surface area contributed by atoms with Crippen LogP contribution in [0.3, 0.4) is 0 Å². The van der Waals surface area contributed by atoms with Gasteiger partial charge in [-0.25, -0.2) is 0 Å². The number of aliphatic hydroxyl groups is 1. The van der Waals surface area contributed by atoms with Gasteiger partial charge in [0.25, 0.3) is 0 Å². The summed E-state index contributed by atoms with van der Waals surface area (Å²) in [6, 6.07) is 7.96. The number of carbonyl (C=O) groups excluding carboxylic acids is 1. The molecule has 0 aliphatic heterocycles. The number of nitrogens with zero attached hydrogens (tertiary/aromatic N) is 1. The molecule has 3 rings (SSSR count). The Morgan fingerprint density at radius 2 is 2.08 bits per heavy atom. The minimum atomic E-state index is -0.703. The van der Waals surface area contributed by atoms with Crippen LogP contribution >= 0.6 is 0 Å². The van der Waals surface area contributed by atoms with E-state index in [0.29, 0.717) is 0 Å². The van der Waals surface area contributed by atoms with Gasteiger partial charge in [0.2, 0.25) is 5.91 Å². The van der Waals surface area contributed by atoms with Gasteiger partial charge in [0.1, 0.15) is 0 Å². The number of aromatic nitrogens is 2. The van der Waals surface area contributed by atoms with Crippen LogP contribution in [0.15, 0.2) is 30.5 Å². The molecule has 1 aromatic carbocycles. The van der Waals surface area contributed by atoms with Crippen LogP contribution in [0.5, 0.6) is 0 Å². The maximum absolute atomic E-state index is 12.5. The lowest BCUT2D eigenvalue weighted by Crippen LogP contribution is -2.34. The van der Waals surface area contributed by atoms with E-state index in [9.17, 15) is 9.90 Å². The number of H-pyrrole nitrogens is 1. The Morgan fingerprint density at radius 1 is 1.36 bits per heavy atom. The molecule has 1 aromatic heterocycles. The molecule has 1 aliphatic rings. The number of rotatable bonds is 4. The Hall–Kier alpha value is -2.14. The summed E-state index contributed by atoms with van der Waals surface area (Å²) in [7, 11) is 0. The van der Waals surface area contributed by atoms with Gasteiger partial charge in [-0.1, -0.05) is 45.0 Å². The molecule has 2 unspecified atom stereocenters. The molecular formula is C20H27N3O2. The Balaban J connectivity index is 1.59. The van der Waals surface area contributed by atoms with Crippen molar-refractivity contribution in [2.45, 2.75) is 57.5 Å². The van der Waals surface area contributed by atoms with Gasteiger partial charge in [0.15, 0.2) is 0 Å². The number of fused-ring (bicyclic) bond motifs is 1. The van der Waals surface area contributed by atoms with Crippen molar-refractivity contribution in [3.05, 3.63) is 52.8 Å². The molecule has 134 valence electrons. The predicted octanol–water partition coefficient (Wildman–Crippen LogP) is 2.98. The smallest absolute Gasteiger partial charge is 0.227 e. The lowest BCUT2D eigenvalue weighted by Gasteiger charge is -2.22. The molecule has 0 saturated heterocycles. The second-order valence-corrected chi connectivity index (χ2v) is 7.88. The summed E-state index contributed by atoms with van der Waals surface area (Å²) in [6.07, 6.45) is 3.80. The first-order chi connectivity index (χ1) is 11.9. The molecule has 0 spiro atoms. The number of carbonyl (C=O) groups is 1. The summed E-state index contributed by atoms with van der Waals surface area (Å²) in [6.45, 7) is 6.70. The average Bonchev–Trinajstić information content (AvgIpc) is 3.07. The molecule has 1 heterocycles. The number of aryl methyl sites for hydroxylation is 1. The molecule has 3 N–H and O–H groups in total. The number of aliphatic hydroxyl groups excluding tert-OH is 1. The Kier molecular flexibility index (Phi) is 4.95. The first-order valence-corrected chi connectivity index (χ1v) is 8.94. The maximum atomic E-state index is 12.5. The van der Waals surface area contributed by atoms with Crippen molar-refractivity contribution in [2.75, 3.05) is 6.54 Å². The van der Waals surface area contributed by atoms with Gasteiger partial charge in [0.05, 0.1) is 18.2 Å². The molecule has 5 nitrogen and oxygen atoms in total. The van der Waals surface area contributed by atoms with Crippen LogP contribution < -0.4 is 5.32 Å². The highest BCUT2D eigenvalue weighted by molar-refractivity contribution is 5.84. The van der Waals surface area contributed by atoms with Crippen LogP contribution in [-0.4, -0.2) is 27.8 Å². The maximum Gasteiger partial charge on any atom is 0.227 e. The Morgan fingerprint density at radius 3 is 2.76 bits per heavy atom. The molecule has 2 aromatic rings. The van der Waals surface area contributed by atoms with E-state index in [1.807, 2.05) is 24.3 Å². The molecule has 5 heteroatoms. The number of nitrogens with one attached hydrogen (secondary N) is 2. The van der Waals surface area contributed by atoms with Gasteiger partial charge in [0, 0.05) is 17.8 Å². The van der Waals surface area contributed by atoms with Crippen LogP contribution in [0.25, 0.3) is 0 Å². The molecule has 1 amide bonds. The highest BCUT2D eigenvalue weighted by Crippen LogP contribution is 2.30. The van der Waals surface area contributed by atoms with E-state index >= 15 is 0 Å². The van der Waals surface area contributed by atoms with Crippen LogP contribution in [0, 0.1) is 0 Å². The minimum Gasteiger partial charge on any atom is -0.387 e. The fraction of sp³-hybridized carbons (Fsp3) is 0.500. The van der Waals surface area contributed by atoms with Gasteiger partial charge < -0.3 is 10.4 Å². The summed E-state index contributed by atoms with van der Waals surface area (Å²) in [5, 5.41) is 20.3. The van der Waals surface area contributed by atoms with Crippen LogP contribution in [0.2, 0.25) is 0 Å². The largest absolute Gasteiger partial charge is 0.387 e. The third kappa shape index (κ3) is 3.93. The number of hydrogen-bond acceptors (Lipinski definition) is 3. The summed E-state index contributed by atoms with van der Waals surface area (Å²) in [5.74, 6) is -0.203. The Labute approximate surface area is 148 Å². The zero-order chi connectivity index (χ0) is 18.0.